The van der Waals surface area contributed by atoms with E-state index in [0.717, 1.165) is 22.3 Å². The van der Waals surface area contributed by atoms with Crippen LogP contribution in [0.2, 0.25) is 0 Å². The summed E-state index contributed by atoms with van der Waals surface area (Å²) < 4.78 is 5.70. The van der Waals surface area contributed by atoms with Crippen LogP contribution in [0.3, 0.4) is 0 Å². The lowest BCUT2D eigenvalue weighted by Crippen LogP contribution is -2.57. The highest BCUT2D eigenvalue weighted by atomic mass is 16.5. The molecule has 0 bridgehead atoms. The van der Waals surface area contributed by atoms with E-state index in [1.165, 1.54) is 6.92 Å². The van der Waals surface area contributed by atoms with Crippen molar-refractivity contribution in [3.8, 4) is 0 Å². The van der Waals surface area contributed by atoms with Gasteiger partial charge in [-0.25, -0.2) is 5.48 Å². The molecule has 42 heavy (non-hydrogen) atoms. The van der Waals surface area contributed by atoms with Gasteiger partial charge in [0, 0.05) is 13.3 Å². The van der Waals surface area contributed by atoms with Gasteiger partial charge in [0.2, 0.25) is 17.7 Å². The maximum atomic E-state index is 13.5. The van der Waals surface area contributed by atoms with Crippen molar-refractivity contribution in [2.75, 3.05) is 6.61 Å². The Morgan fingerprint density at radius 2 is 1.31 bits per heavy atom. The molecule has 5 N–H and O–H groups in total. The molecule has 222 valence electrons. The van der Waals surface area contributed by atoms with Gasteiger partial charge in [0.1, 0.15) is 18.1 Å². The monoisotopic (exact) mass is 574 g/mol. The number of aryl methyl sites for hydroxylation is 2. The van der Waals surface area contributed by atoms with E-state index in [1.807, 2.05) is 91.9 Å². The molecule has 0 aliphatic carbocycles. The van der Waals surface area contributed by atoms with Gasteiger partial charge >= 0.3 is 0 Å². The molecular weight excluding hydrogens is 536 g/mol. The highest BCUT2D eigenvalue weighted by Crippen LogP contribution is 2.10. The van der Waals surface area contributed by atoms with Gasteiger partial charge < -0.3 is 20.7 Å². The van der Waals surface area contributed by atoms with E-state index in [-0.39, 0.29) is 26.1 Å². The molecular formula is C32H38N4O6. The van der Waals surface area contributed by atoms with E-state index in [1.54, 1.807) is 5.48 Å². The van der Waals surface area contributed by atoms with Crippen LogP contribution in [0.5, 0.6) is 0 Å². The Morgan fingerprint density at radius 3 is 1.93 bits per heavy atom. The van der Waals surface area contributed by atoms with E-state index in [0.29, 0.717) is 6.42 Å². The molecule has 0 fully saturated rings. The normalized spacial score (nSPS) is 12.8. The maximum absolute atomic E-state index is 13.5. The molecule has 0 saturated heterocycles. The molecule has 0 aliphatic heterocycles. The van der Waals surface area contributed by atoms with Gasteiger partial charge in [-0.2, -0.15) is 0 Å². The summed E-state index contributed by atoms with van der Waals surface area (Å²) in [5, 5.41) is 17.3. The molecule has 0 saturated carbocycles. The van der Waals surface area contributed by atoms with Crippen molar-refractivity contribution in [3.63, 3.8) is 0 Å². The summed E-state index contributed by atoms with van der Waals surface area (Å²) in [7, 11) is 0. The third-order valence-corrected chi connectivity index (χ3v) is 6.55. The lowest BCUT2D eigenvalue weighted by molar-refractivity contribution is -0.136. The van der Waals surface area contributed by atoms with Crippen LogP contribution in [0, 0.1) is 6.92 Å². The topological polar surface area (TPSA) is 146 Å². The van der Waals surface area contributed by atoms with Crippen molar-refractivity contribution in [1.82, 2.24) is 21.4 Å². The largest absolute Gasteiger partial charge is 0.374 e. The van der Waals surface area contributed by atoms with Gasteiger partial charge in [0.15, 0.2) is 0 Å². The van der Waals surface area contributed by atoms with Crippen molar-refractivity contribution < 1.29 is 29.1 Å². The third kappa shape index (κ3) is 10.8. The average Bonchev–Trinajstić information content (AvgIpc) is 2.98. The van der Waals surface area contributed by atoms with Crippen LogP contribution >= 0.6 is 0 Å². The molecule has 0 unspecified atom stereocenters. The Labute approximate surface area is 245 Å². The first-order valence-corrected chi connectivity index (χ1v) is 13.8. The molecule has 0 aliphatic rings. The average molecular weight is 575 g/mol. The third-order valence-electron chi connectivity index (χ3n) is 6.55. The fourth-order valence-electron chi connectivity index (χ4n) is 4.43. The van der Waals surface area contributed by atoms with Gasteiger partial charge in [0.25, 0.3) is 5.91 Å². The predicted octanol–water partition coefficient (Wildman–Crippen LogP) is 2.37. The fraction of sp³-hybridized carbons (Fsp3) is 0.312. The zero-order valence-corrected chi connectivity index (χ0v) is 23.8. The molecule has 3 aromatic rings. The van der Waals surface area contributed by atoms with Crippen LogP contribution in [-0.2, 0) is 43.4 Å². The van der Waals surface area contributed by atoms with Crippen molar-refractivity contribution in [2.24, 2.45) is 0 Å². The summed E-state index contributed by atoms with van der Waals surface area (Å²) in [5.41, 5.74) is 5.24. The van der Waals surface area contributed by atoms with Crippen molar-refractivity contribution in [3.05, 3.63) is 107 Å². The van der Waals surface area contributed by atoms with Gasteiger partial charge in [-0.1, -0.05) is 90.5 Å². The second kappa shape index (κ2) is 16.7. The van der Waals surface area contributed by atoms with Gasteiger partial charge in [-0.3, -0.25) is 24.4 Å². The molecule has 0 aromatic heterocycles. The zero-order valence-electron chi connectivity index (χ0n) is 23.8. The number of hydroxylamine groups is 1. The minimum Gasteiger partial charge on any atom is -0.374 e. The van der Waals surface area contributed by atoms with E-state index < -0.39 is 41.8 Å². The molecule has 3 rings (SSSR count). The molecule has 10 nitrogen and oxygen atoms in total. The second-order valence-electron chi connectivity index (χ2n) is 10.1. The van der Waals surface area contributed by atoms with Crippen molar-refractivity contribution in [2.45, 2.75) is 57.8 Å². The molecule has 0 heterocycles. The molecule has 3 aromatic carbocycles. The fourth-order valence-corrected chi connectivity index (χ4v) is 4.43. The Balaban J connectivity index is 1.75. The van der Waals surface area contributed by atoms with Crippen LogP contribution in [-0.4, -0.2) is 53.6 Å². The SMILES string of the molecule is CC(=O)N[C@@H](COCc1ccccc1)C(=O)N[C@H](CCc1ccccc1)C(=O)N[C@H](Cc1cccc(C)c1)C(=O)NO. The van der Waals surface area contributed by atoms with E-state index in [9.17, 15) is 24.4 Å². The van der Waals surface area contributed by atoms with Crippen molar-refractivity contribution >= 4 is 23.6 Å². The number of carbonyl (C=O) groups is 4. The lowest BCUT2D eigenvalue weighted by Gasteiger charge is -2.25. The van der Waals surface area contributed by atoms with Gasteiger partial charge in [0.05, 0.1) is 13.2 Å². The first-order valence-electron chi connectivity index (χ1n) is 13.8. The Bertz CT molecular complexity index is 1320. The Hall–Kier alpha value is -4.54. The first-order chi connectivity index (χ1) is 20.2. The standard InChI is InChI=1S/C32H38N4O6/c1-22-10-9-15-26(18-22)19-28(32(40)36-41)35-30(38)27(17-16-24-11-5-3-6-12-24)34-31(39)29(33-23(2)37)21-42-20-25-13-7-4-8-14-25/h3-15,18,27-29,41H,16-17,19-21H2,1-2H3,(H,33,37)(H,34,39)(H,35,38)(H,36,40)/t27-,28-,29+/m1/s1. The summed E-state index contributed by atoms with van der Waals surface area (Å²) in [4.78, 5) is 51.2. The minimum absolute atomic E-state index is 0.115. The zero-order chi connectivity index (χ0) is 30.3. The van der Waals surface area contributed by atoms with Crippen LogP contribution < -0.4 is 21.4 Å². The number of hydrogen-bond acceptors (Lipinski definition) is 6. The number of carbonyl (C=O) groups excluding carboxylic acids is 4. The molecule has 0 radical (unpaired) electrons. The Kier molecular flexibility index (Phi) is 12.7. The quantitative estimate of drug-likeness (QED) is 0.139. The number of nitrogens with one attached hydrogen (secondary N) is 4. The van der Waals surface area contributed by atoms with Crippen molar-refractivity contribution in [1.29, 1.82) is 0 Å². The summed E-state index contributed by atoms with van der Waals surface area (Å²) in [6.07, 6.45) is 0.807. The van der Waals surface area contributed by atoms with Crippen LogP contribution in [0.1, 0.15) is 35.6 Å². The molecule has 3 atom stereocenters. The number of ether oxygens (including phenoxy) is 1. The molecule has 0 spiro atoms. The van der Waals surface area contributed by atoms with E-state index in [2.05, 4.69) is 16.0 Å². The van der Waals surface area contributed by atoms with E-state index in [4.69, 9.17) is 4.74 Å². The smallest absolute Gasteiger partial charge is 0.266 e. The Morgan fingerprint density at radius 1 is 0.714 bits per heavy atom. The van der Waals surface area contributed by atoms with Gasteiger partial charge in [-0.15, -0.1) is 0 Å². The van der Waals surface area contributed by atoms with Crippen LogP contribution in [0.15, 0.2) is 84.9 Å². The summed E-state index contributed by atoms with van der Waals surface area (Å²) in [6.45, 7) is 3.32. The van der Waals surface area contributed by atoms with E-state index >= 15 is 0 Å². The van der Waals surface area contributed by atoms with Gasteiger partial charge in [-0.05, 0) is 36.5 Å². The summed E-state index contributed by atoms with van der Waals surface area (Å²) in [6, 6.07) is 23.1. The number of rotatable bonds is 15. The second-order valence-corrected chi connectivity index (χ2v) is 10.1. The molecule has 10 heteroatoms. The minimum atomic E-state index is -1.10. The molecule has 4 amide bonds. The predicted molar refractivity (Wildman–Crippen MR) is 157 cm³/mol. The highest BCUT2D eigenvalue weighted by molar-refractivity contribution is 5.94. The number of benzene rings is 3. The maximum Gasteiger partial charge on any atom is 0.266 e. The van der Waals surface area contributed by atoms with Crippen LogP contribution in [0.4, 0.5) is 0 Å². The summed E-state index contributed by atoms with van der Waals surface area (Å²) in [5.74, 6) is -2.43. The lowest BCUT2D eigenvalue weighted by atomic mass is 10.0. The first kappa shape index (κ1) is 32.0. The van der Waals surface area contributed by atoms with Crippen LogP contribution in [0.25, 0.3) is 0 Å². The summed E-state index contributed by atoms with van der Waals surface area (Å²) >= 11 is 0. The number of hydrogen-bond donors (Lipinski definition) is 5. The highest BCUT2D eigenvalue weighted by Gasteiger charge is 2.29. The number of amides is 4.